The summed E-state index contributed by atoms with van der Waals surface area (Å²) in [5, 5.41) is 5.16. The first-order valence-corrected chi connectivity index (χ1v) is 14.3. The van der Waals surface area contributed by atoms with E-state index in [-0.39, 0.29) is 30.0 Å². The Morgan fingerprint density at radius 1 is 1.16 bits per heavy atom. The van der Waals surface area contributed by atoms with Crippen LogP contribution in [-0.2, 0) is 16.1 Å². The summed E-state index contributed by atoms with van der Waals surface area (Å²) in [6.07, 6.45) is 8.19. The number of carbonyl (C=O) groups excluding carboxylic acids is 2. The summed E-state index contributed by atoms with van der Waals surface area (Å²) >= 11 is 0. The normalized spacial score (nSPS) is 23.6. The van der Waals surface area contributed by atoms with E-state index in [1.807, 2.05) is 49.4 Å². The second kappa shape index (κ2) is 11.8. The Morgan fingerprint density at radius 3 is 2.81 bits per heavy atom. The van der Waals surface area contributed by atoms with Gasteiger partial charge in [-0.2, -0.15) is 0 Å². The van der Waals surface area contributed by atoms with Crippen LogP contribution in [0.25, 0.3) is 0 Å². The maximum Gasteiger partial charge on any atom is 0.278 e. The van der Waals surface area contributed by atoms with Crippen LogP contribution in [0.4, 0.5) is 0 Å². The molecule has 6 heteroatoms. The summed E-state index contributed by atoms with van der Waals surface area (Å²) < 4.78 is 0. The average molecular weight is 504 g/mol. The van der Waals surface area contributed by atoms with Crippen molar-refractivity contribution in [2.24, 2.45) is 5.92 Å². The highest BCUT2D eigenvalue weighted by molar-refractivity contribution is 5.94. The predicted octanol–water partition coefficient (Wildman–Crippen LogP) is 5.60. The van der Waals surface area contributed by atoms with Crippen LogP contribution in [-0.4, -0.2) is 47.5 Å². The summed E-state index contributed by atoms with van der Waals surface area (Å²) in [5.41, 5.74) is 4.09. The van der Waals surface area contributed by atoms with Crippen LogP contribution in [0.1, 0.15) is 97.9 Å². The van der Waals surface area contributed by atoms with Crippen LogP contribution in [0.5, 0.6) is 0 Å². The summed E-state index contributed by atoms with van der Waals surface area (Å²) in [6, 6.07) is 16.3. The van der Waals surface area contributed by atoms with Crippen molar-refractivity contribution in [3.63, 3.8) is 0 Å². The zero-order valence-electron chi connectivity index (χ0n) is 22.3. The fourth-order valence-electron chi connectivity index (χ4n) is 6.34. The molecule has 3 aliphatic rings. The number of nitrogens with one attached hydrogen (secondary N) is 1. The molecule has 2 aromatic carbocycles. The third-order valence-corrected chi connectivity index (χ3v) is 8.47. The maximum atomic E-state index is 13.8. The summed E-state index contributed by atoms with van der Waals surface area (Å²) in [4.78, 5) is 35.3. The van der Waals surface area contributed by atoms with E-state index in [4.69, 9.17) is 4.84 Å². The van der Waals surface area contributed by atoms with Gasteiger partial charge in [0.15, 0.2) is 0 Å². The highest BCUT2D eigenvalue weighted by Crippen LogP contribution is 2.41. The number of fused-ring (bicyclic) bond motifs is 4. The molecule has 4 atom stereocenters. The fourth-order valence-corrected chi connectivity index (χ4v) is 6.34. The van der Waals surface area contributed by atoms with Gasteiger partial charge in [-0.25, -0.2) is 5.06 Å². The van der Waals surface area contributed by atoms with Gasteiger partial charge in [-0.05, 0) is 74.4 Å². The van der Waals surface area contributed by atoms with Crippen LogP contribution in [0.3, 0.4) is 0 Å². The molecule has 2 amide bonds. The number of carbonyl (C=O) groups is 2. The summed E-state index contributed by atoms with van der Waals surface area (Å²) in [7, 11) is 0. The van der Waals surface area contributed by atoms with Gasteiger partial charge in [-0.3, -0.25) is 14.4 Å². The molecule has 0 radical (unpaired) electrons. The van der Waals surface area contributed by atoms with Crippen molar-refractivity contribution in [1.82, 2.24) is 15.3 Å². The van der Waals surface area contributed by atoms with Crippen molar-refractivity contribution in [3.05, 3.63) is 70.8 Å². The standard InChI is InChI=1S/C31H41N3O3/c1-3-4-5-9-19-37-34(22(2)23-11-7-6-8-12-23)30(35)25-14-15-26-24(20-25)16-18-33-29(26)21-28-27(31(33)36)13-10-17-32-28/h6-8,11-12,14-15,20,22,27-29,32H,3-5,9-10,13,16-19,21H2,1-2H3/t22-,27+,28+,29-/m1/s1. The van der Waals surface area contributed by atoms with Crippen molar-refractivity contribution in [2.45, 2.75) is 83.3 Å². The zero-order valence-corrected chi connectivity index (χ0v) is 22.3. The van der Waals surface area contributed by atoms with E-state index in [0.29, 0.717) is 18.1 Å². The molecule has 2 aromatic rings. The number of rotatable bonds is 9. The molecule has 3 aliphatic heterocycles. The highest BCUT2D eigenvalue weighted by atomic mass is 16.7. The first kappa shape index (κ1) is 25.9. The molecular weight excluding hydrogens is 462 g/mol. The maximum absolute atomic E-state index is 13.8. The Balaban J connectivity index is 1.36. The van der Waals surface area contributed by atoms with Crippen molar-refractivity contribution >= 4 is 11.8 Å². The van der Waals surface area contributed by atoms with E-state index >= 15 is 0 Å². The van der Waals surface area contributed by atoms with Gasteiger partial charge in [-0.1, -0.05) is 62.6 Å². The van der Waals surface area contributed by atoms with Gasteiger partial charge in [0.05, 0.1) is 24.6 Å². The Hall–Kier alpha value is -2.70. The largest absolute Gasteiger partial charge is 0.335 e. The molecule has 198 valence electrons. The molecule has 1 N–H and O–H groups in total. The average Bonchev–Trinajstić information content (AvgIpc) is 2.94. The van der Waals surface area contributed by atoms with Crippen LogP contribution in [0.15, 0.2) is 48.5 Å². The van der Waals surface area contributed by atoms with Crippen molar-refractivity contribution in [2.75, 3.05) is 19.7 Å². The minimum atomic E-state index is -0.198. The summed E-state index contributed by atoms with van der Waals surface area (Å²) in [5.74, 6) is 0.319. The number of hydrogen-bond donors (Lipinski definition) is 1. The van der Waals surface area contributed by atoms with E-state index in [0.717, 1.165) is 57.2 Å². The quantitative estimate of drug-likeness (QED) is 0.357. The summed E-state index contributed by atoms with van der Waals surface area (Å²) in [6.45, 7) is 6.47. The number of piperidine rings is 2. The monoisotopic (exact) mass is 503 g/mol. The minimum Gasteiger partial charge on any atom is -0.335 e. The Labute approximate surface area is 221 Å². The third-order valence-electron chi connectivity index (χ3n) is 8.47. The number of nitrogens with zero attached hydrogens (tertiary/aromatic N) is 2. The minimum absolute atomic E-state index is 0.0985. The molecule has 0 aliphatic carbocycles. The van der Waals surface area contributed by atoms with E-state index < -0.39 is 0 Å². The zero-order chi connectivity index (χ0) is 25.8. The molecule has 2 fully saturated rings. The topological polar surface area (TPSA) is 61.9 Å². The molecule has 37 heavy (non-hydrogen) atoms. The molecule has 0 saturated carbocycles. The SMILES string of the molecule is CCCCCCON(C(=O)c1ccc2c(c1)CCN1C(=O)[C@H]3CCCN[C@H]3C[C@H]21)[C@H](C)c1ccccc1. The predicted molar refractivity (Wildman–Crippen MR) is 145 cm³/mol. The van der Waals surface area contributed by atoms with Crippen LogP contribution in [0, 0.1) is 5.92 Å². The second-order valence-corrected chi connectivity index (χ2v) is 10.9. The highest BCUT2D eigenvalue weighted by Gasteiger charge is 2.45. The van der Waals surface area contributed by atoms with Gasteiger partial charge in [0.1, 0.15) is 0 Å². The number of hydroxylamine groups is 2. The molecule has 3 heterocycles. The first-order chi connectivity index (χ1) is 18.1. The molecule has 6 nitrogen and oxygen atoms in total. The van der Waals surface area contributed by atoms with E-state index in [2.05, 4.69) is 23.2 Å². The lowest BCUT2D eigenvalue weighted by atomic mass is 9.77. The number of unbranched alkanes of at least 4 members (excludes halogenated alkanes) is 3. The van der Waals surface area contributed by atoms with Gasteiger partial charge in [0.2, 0.25) is 5.91 Å². The van der Waals surface area contributed by atoms with Gasteiger partial charge < -0.3 is 10.2 Å². The molecule has 2 saturated heterocycles. The lowest BCUT2D eigenvalue weighted by Gasteiger charge is -2.48. The third kappa shape index (κ3) is 5.46. The van der Waals surface area contributed by atoms with Crippen LogP contribution in [0.2, 0.25) is 0 Å². The van der Waals surface area contributed by atoms with E-state index in [1.165, 1.54) is 24.0 Å². The number of amides is 2. The van der Waals surface area contributed by atoms with Crippen LogP contribution < -0.4 is 5.32 Å². The molecule has 5 rings (SSSR count). The Bertz CT molecular complexity index is 1090. The van der Waals surface area contributed by atoms with Crippen LogP contribution >= 0.6 is 0 Å². The Morgan fingerprint density at radius 2 is 2.00 bits per heavy atom. The number of hydrogen-bond acceptors (Lipinski definition) is 4. The van der Waals surface area contributed by atoms with Gasteiger partial charge in [-0.15, -0.1) is 0 Å². The first-order valence-electron chi connectivity index (χ1n) is 14.3. The van der Waals surface area contributed by atoms with Gasteiger partial charge >= 0.3 is 0 Å². The molecular formula is C31H41N3O3. The van der Waals surface area contributed by atoms with E-state index in [9.17, 15) is 9.59 Å². The van der Waals surface area contributed by atoms with Gasteiger partial charge in [0.25, 0.3) is 5.91 Å². The Kier molecular flexibility index (Phi) is 8.26. The van der Waals surface area contributed by atoms with Crippen molar-refractivity contribution < 1.29 is 14.4 Å². The second-order valence-electron chi connectivity index (χ2n) is 10.9. The molecule has 0 unspecified atom stereocenters. The van der Waals surface area contributed by atoms with Crippen molar-refractivity contribution in [1.29, 1.82) is 0 Å². The molecule has 0 bridgehead atoms. The fraction of sp³-hybridized carbons (Fsp3) is 0.548. The van der Waals surface area contributed by atoms with Gasteiger partial charge in [0, 0.05) is 18.2 Å². The lowest BCUT2D eigenvalue weighted by molar-refractivity contribution is -0.148. The smallest absolute Gasteiger partial charge is 0.278 e. The van der Waals surface area contributed by atoms with Crippen molar-refractivity contribution in [3.8, 4) is 0 Å². The van der Waals surface area contributed by atoms with E-state index in [1.54, 1.807) is 5.06 Å². The molecule has 0 spiro atoms. The number of benzene rings is 2. The molecule has 0 aromatic heterocycles. The lowest BCUT2D eigenvalue weighted by Crippen LogP contribution is -2.57.